The van der Waals surface area contributed by atoms with Gasteiger partial charge in [0.25, 0.3) is 5.76 Å². The number of allylic oxidation sites excluding steroid dienone is 2. The van der Waals surface area contributed by atoms with E-state index >= 15 is 0 Å². The molecule has 0 saturated heterocycles. The van der Waals surface area contributed by atoms with Crippen molar-refractivity contribution in [3.8, 4) is 0 Å². The molecule has 0 heterocycles. The maximum Gasteiger partial charge on any atom is 0.319 e. The Morgan fingerprint density at radius 2 is 1.78 bits per heavy atom. The number of carboxylic acids is 1. The van der Waals surface area contributed by atoms with Crippen LogP contribution in [0.3, 0.4) is 0 Å². The van der Waals surface area contributed by atoms with E-state index in [0.29, 0.717) is 16.7 Å². The summed E-state index contributed by atoms with van der Waals surface area (Å²) in [6.45, 7) is 1.73. The number of halogens is 2. The number of hydrogen-bond donors (Lipinski definition) is 2. The first-order chi connectivity index (χ1) is 10.8. The van der Waals surface area contributed by atoms with Crippen molar-refractivity contribution in [3.05, 3.63) is 42.0 Å². The van der Waals surface area contributed by atoms with E-state index in [2.05, 4.69) is 5.32 Å². The summed E-state index contributed by atoms with van der Waals surface area (Å²) in [7, 11) is 0. The lowest BCUT2D eigenvalue weighted by Gasteiger charge is -2.25. The van der Waals surface area contributed by atoms with Crippen molar-refractivity contribution in [2.45, 2.75) is 36.5 Å². The Bertz CT molecular complexity index is 608. The van der Waals surface area contributed by atoms with Gasteiger partial charge in [-0.05, 0) is 37.5 Å². The molecule has 1 aromatic rings. The van der Waals surface area contributed by atoms with Gasteiger partial charge in [-0.15, -0.1) is 0 Å². The quantitative estimate of drug-likeness (QED) is 0.471. The summed E-state index contributed by atoms with van der Waals surface area (Å²) in [4.78, 5) is 24.3. The zero-order valence-electron chi connectivity index (χ0n) is 12.5. The van der Waals surface area contributed by atoms with E-state index in [-0.39, 0.29) is 12.8 Å². The molecule has 0 saturated carbocycles. The number of alkyl halides is 2. The smallest absolute Gasteiger partial charge is 0.319 e. The standard InChI is InChI=1S/C16H17F2NO3S/c1-10(11-4-6-12(7-5-11)23-15(17)18)19-13(20)16(14(21)22)8-2-3-9-16/h2-7,10,15H,8-9H2,1H3,(H,19,20)(H,21,22). The number of carbonyl (C=O) groups excluding carboxylic acids is 1. The van der Waals surface area contributed by atoms with Gasteiger partial charge >= 0.3 is 5.97 Å². The lowest BCUT2D eigenvalue weighted by molar-refractivity contribution is -0.155. The molecule has 1 aromatic carbocycles. The number of amides is 1. The summed E-state index contributed by atoms with van der Waals surface area (Å²) in [5, 5.41) is 12.1. The molecular formula is C16H17F2NO3S. The Kier molecular flexibility index (Phi) is 5.41. The Hall–Kier alpha value is -1.89. The van der Waals surface area contributed by atoms with Gasteiger partial charge in [0.1, 0.15) is 0 Å². The van der Waals surface area contributed by atoms with Gasteiger partial charge in [0.15, 0.2) is 5.41 Å². The van der Waals surface area contributed by atoms with Crippen LogP contribution in [0.4, 0.5) is 8.78 Å². The SMILES string of the molecule is CC(NC(=O)C1(C(=O)O)CC=CC1)c1ccc(SC(F)F)cc1. The van der Waals surface area contributed by atoms with E-state index in [1.165, 1.54) is 0 Å². The molecule has 0 aromatic heterocycles. The van der Waals surface area contributed by atoms with Crippen molar-refractivity contribution < 1.29 is 23.5 Å². The molecule has 2 rings (SSSR count). The van der Waals surface area contributed by atoms with E-state index in [4.69, 9.17) is 0 Å². The zero-order chi connectivity index (χ0) is 17.0. The predicted octanol–water partition coefficient (Wildman–Crippen LogP) is 3.60. The molecule has 1 aliphatic carbocycles. The van der Waals surface area contributed by atoms with Gasteiger partial charge in [-0.1, -0.05) is 36.0 Å². The number of rotatable bonds is 6. The molecule has 23 heavy (non-hydrogen) atoms. The van der Waals surface area contributed by atoms with Gasteiger partial charge in [-0.3, -0.25) is 9.59 Å². The van der Waals surface area contributed by atoms with Crippen molar-refractivity contribution >= 4 is 23.6 Å². The summed E-state index contributed by atoms with van der Waals surface area (Å²) in [6.07, 6.45) is 3.72. The Morgan fingerprint density at radius 3 is 2.26 bits per heavy atom. The highest BCUT2D eigenvalue weighted by atomic mass is 32.2. The lowest BCUT2D eigenvalue weighted by Crippen LogP contribution is -2.45. The number of carbonyl (C=O) groups is 2. The van der Waals surface area contributed by atoms with Crippen LogP contribution in [0, 0.1) is 5.41 Å². The first-order valence-electron chi connectivity index (χ1n) is 7.09. The number of nitrogens with one attached hydrogen (secondary N) is 1. The Balaban J connectivity index is 2.05. The van der Waals surface area contributed by atoms with Crippen LogP contribution >= 0.6 is 11.8 Å². The average Bonchev–Trinajstić information content (AvgIpc) is 2.98. The van der Waals surface area contributed by atoms with E-state index < -0.39 is 29.1 Å². The van der Waals surface area contributed by atoms with Crippen LogP contribution in [0.15, 0.2) is 41.3 Å². The highest BCUT2D eigenvalue weighted by Gasteiger charge is 2.46. The third kappa shape index (κ3) is 3.90. The predicted molar refractivity (Wildman–Crippen MR) is 83.3 cm³/mol. The van der Waals surface area contributed by atoms with Crippen LogP contribution in [0.25, 0.3) is 0 Å². The molecule has 0 aliphatic heterocycles. The molecule has 1 atom stereocenters. The van der Waals surface area contributed by atoms with Crippen LogP contribution in [-0.4, -0.2) is 22.7 Å². The third-order valence-corrected chi connectivity index (χ3v) is 4.62. The first-order valence-corrected chi connectivity index (χ1v) is 7.97. The highest BCUT2D eigenvalue weighted by Crippen LogP contribution is 2.34. The zero-order valence-corrected chi connectivity index (χ0v) is 13.3. The monoisotopic (exact) mass is 341 g/mol. The molecule has 7 heteroatoms. The van der Waals surface area contributed by atoms with Gasteiger partial charge in [-0.25, -0.2) is 0 Å². The van der Waals surface area contributed by atoms with Crippen LogP contribution in [0.1, 0.15) is 31.4 Å². The third-order valence-electron chi connectivity index (χ3n) is 3.90. The number of benzene rings is 1. The molecule has 0 spiro atoms. The second kappa shape index (κ2) is 7.12. The minimum absolute atomic E-state index is 0.171. The first kappa shape index (κ1) is 17.5. The van der Waals surface area contributed by atoms with Crippen molar-refractivity contribution in [3.63, 3.8) is 0 Å². The number of carboxylic acid groups (broad SMARTS) is 1. The van der Waals surface area contributed by atoms with Crippen molar-refractivity contribution in [1.29, 1.82) is 0 Å². The molecule has 4 nitrogen and oxygen atoms in total. The summed E-state index contributed by atoms with van der Waals surface area (Å²) in [5.41, 5.74) is -0.719. The van der Waals surface area contributed by atoms with E-state index in [1.54, 1.807) is 43.3 Å². The summed E-state index contributed by atoms with van der Waals surface area (Å²) >= 11 is 0.450. The second-order valence-corrected chi connectivity index (χ2v) is 6.47. The minimum Gasteiger partial charge on any atom is -0.480 e. The maximum absolute atomic E-state index is 12.4. The Labute approximate surface area is 137 Å². The molecule has 124 valence electrons. The van der Waals surface area contributed by atoms with Crippen molar-refractivity contribution in [2.75, 3.05) is 0 Å². The van der Waals surface area contributed by atoms with Crippen molar-refractivity contribution in [2.24, 2.45) is 5.41 Å². The second-order valence-electron chi connectivity index (χ2n) is 5.41. The molecule has 1 aliphatic rings. The van der Waals surface area contributed by atoms with E-state index in [1.807, 2.05) is 0 Å². The van der Waals surface area contributed by atoms with Crippen LogP contribution in [0.5, 0.6) is 0 Å². The van der Waals surface area contributed by atoms with Gasteiger partial charge in [0.2, 0.25) is 5.91 Å². The number of aliphatic carboxylic acids is 1. The number of hydrogen-bond acceptors (Lipinski definition) is 3. The van der Waals surface area contributed by atoms with E-state index in [9.17, 15) is 23.5 Å². The van der Waals surface area contributed by atoms with Crippen molar-refractivity contribution in [1.82, 2.24) is 5.32 Å². The number of thioether (sulfide) groups is 1. The fourth-order valence-electron chi connectivity index (χ4n) is 2.47. The average molecular weight is 341 g/mol. The van der Waals surface area contributed by atoms with Crippen LogP contribution < -0.4 is 5.32 Å². The minimum atomic E-state index is -2.48. The molecule has 0 fully saturated rings. The summed E-state index contributed by atoms with van der Waals surface area (Å²) < 4.78 is 24.6. The summed E-state index contributed by atoms with van der Waals surface area (Å²) in [6, 6.07) is 5.99. The van der Waals surface area contributed by atoms with Gasteiger partial charge in [-0.2, -0.15) is 8.78 Å². The Morgan fingerprint density at radius 1 is 1.22 bits per heavy atom. The molecule has 0 radical (unpaired) electrons. The van der Waals surface area contributed by atoms with Gasteiger partial charge < -0.3 is 10.4 Å². The van der Waals surface area contributed by atoms with Crippen LogP contribution in [-0.2, 0) is 9.59 Å². The van der Waals surface area contributed by atoms with Gasteiger partial charge in [0, 0.05) is 4.90 Å². The van der Waals surface area contributed by atoms with Gasteiger partial charge in [0.05, 0.1) is 6.04 Å². The molecule has 1 unspecified atom stereocenters. The normalized spacial score (nSPS) is 17.2. The molecule has 0 bridgehead atoms. The fourth-order valence-corrected chi connectivity index (χ4v) is 2.96. The maximum atomic E-state index is 12.4. The highest BCUT2D eigenvalue weighted by molar-refractivity contribution is 7.99. The molecule has 1 amide bonds. The van der Waals surface area contributed by atoms with E-state index in [0.717, 1.165) is 5.56 Å². The lowest BCUT2D eigenvalue weighted by atomic mass is 9.84. The largest absolute Gasteiger partial charge is 0.480 e. The van der Waals surface area contributed by atoms with Crippen LogP contribution in [0.2, 0.25) is 0 Å². The fraction of sp³-hybridized carbons (Fsp3) is 0.375. The topological polar surface area (TPSA) is 66.4 Å². The molecule has 2 N–H and O–H groups in total. The molecular weight excluding hydrogens is 324 g/mol. The summed E-state index contributed by atoms with van der Waals surface area (Å²) in [5.74, 6) is -4.16.